The van der Waals surface area contributed by atoms with Gasteiger partial charge in [-0.1, -0.05) is 29.3 Å². The molecule has 1 aliphatic heterocycles. The quantitative estimate of drug-likeness (QED) is 0.838. The first-order valence-corrected chi connectivity index (χ1v) is 9.43. The molecule has 4 rings (SSSR count). The summed E-state index contributed by atoms with van der Waals surface area (Å²) in [7, 11) is 0. The van der Waals surface area contributed by atoms with E-state index in [4.69, 9.17) is 23.2 Å². The molecule has 0 saturated heterocycles. The molecule has 26 heavy (non-hydrogen) atoms. The molecule has 1 N–H and O–H groups in total. The maximum absolute atomic E-state index is 12.5. The molecule has 1 saturated carbocycles. The molecule has 1 heterocycles. The molecule has 0 spiro atoms. The van der Waals surface area contributed by atoms with Crippen LogP contribution < -0.4 is 5.32 Å². The Morgan fingerprint density at radius 2 is 1.73 bits per heavy atom. The number of benzene rings is 2. The summed E-state index contributed by atoms with van der Waals surface area (Å²) >= 11 is 11.9. The molecule has 2 aromatic rings. The zero-order chi connectivity index (χ0) is 18.3. The van der Waals surface area contributed by atoms with Crippen molar-refractivity contribution in [1.82, 2.24) is 4.90 Å². The molecule has 134 valence electrons. The summed E-state index contributed by atoms with van der Waals surface area (Å²) in [6.07, 6.45) is 2.88. The normalized spacial score (nSPS) is 16.2. The lowest BCUT2D eigenvalue weighted by Gasteiger charge is -2.29. The van der Waals surface area contributed by atoms with Crippen molar-refractivity contribution in [2.24, 2.45) is 5.92 Å². The van der Waals surface area contributed by atoms with Crippen molar-refractivity contribution in [3.05, 3.63) is 63.1 Å². The molecule has 4 nitrogen and oxygen atoms in total. The molecule has 0 unspecified atom stereocenters. The number of nitrogens with one attached hydrogen (secondary N) is 1. The Bertz CT molecular complexity index is 873. The molecular formula is C20H18Cl2N2O2. The van der Waals surface area contributed by atoms with Crippen LogP contribution in [0.3, 0.4) is 0 Å². The van der Waals surface area contributed by atoms with Gasteiger partial charge in [0.15, 0.2) is 0 Å². The van der Waals surface area contributed by atoms with Crippen LogP contribution in [0.1, 0.15) is 34.3 Å². The van der Waals surface area contributed by atoms with E-state index in [1.807, 2.05) is 23.1 Å². The van der Waals surface area contributed by atoms with Crippen LogP contribution in [0, 0.1) is 5.92 Å². The maximum Gasteiger partial charge on any atom is 0.255 e. The zero-order valence-corrected chi connectivity index (χ0v) is 15.6. The molecule has 2 aliphatic rings. The summed E-state index contributed by atoms with van der Waals surface area (Å²) in [6.45, 7) is 1.38. The van der Waals surface area contributed by atoms with Gasteiger partial charge in [-0.2, -0.15) is 0 Å². The molecule has 2 aromatic carbocycles. The third kappa shape index (κ3) is 3.71. The predicted octanol–water partition coefficient (Wildman–Crippen LogP) is 4.54. The Morgan fingerprint density at radius 1 is 1.00 bits per heavy atom. The lowest BCUT2D eigenvalue weighted by atomic mass is 9.98. The molecule has 0 atom stereocenters. The summed E-state index contributed by atoms with van der Waals surface area (Å²) in [4.78, 5) is 26.7. The predicted molar refractivity (Wildman–Crippen MR) is 103 cm³/mol. The van der Waals surface area contributed by atoms with Gasteiger partial charge in [0.25, 0.3) is 5.91 Å². The van der Waals surface area contributed by atoms with Crippen LogP contribution in [0.15, 0.2) is 36.4 Å². The number of carbonyl (C=O) groups is 2. The van der Waals surface area contributed by atoms with Crippen molar-refractivity contribution in [2.75, 3.05) is 11.9 Å². The number of rotatable bonds is 3. The van der Waals surface area contributed by atoms with Crippen LogP contribution in [0.2, 0.25) is 10.0 Å². The molecule has 2 amide bonds. The van der Waals surface area contributed by atoms with Crippen LogP contribution in [0.4, 0.5) is 5.69 Å². The van der Waals surface area contributed by atoms with Crippen molar-refractivity contribution in [1.29, 1.82) is 0 Å². The first kappa shape index (κ1) is 17.4. The van der Waals surface area contributed by atoms with Gasteiger partial charge in [0.1, 0.15) is 0 Å². The Kier molecular flexibility index (Phi) is 4.63. The van der Waals surface area contributed by atoms with E-state index < -0.39 is 0 Å². The van der Waals surface area contributed by atoms with Crippen LogP contribution >= 0.6 is 23.2 Å². The number of nitrogens with zero attached hydrogens (tertiary/aromatic N) is 1. The third-order valence-corrected chi connectivity index (χ3v) is 5.28. The van der Waals surface area contributed by atoms with Crippen LogP contribution in [-0.2, 0) is 17.8 Å². The largest absolute Gasteiger partial charge is 0.338 e. The van der Waals surface area contributed by atoms with E-state index in [-0.39, 0.29) is 17.7 Å². The number of hydrogen-bond acceptors (Lipinski definition) is 2. The fourth-order valence-corrected chi connectivity index (χ4v) is 3.83. The molecule has 1 aliphatic carbocycles. The number of halogens is 2. The van der Waals surface area contributed by atoms with Crippen molar-refractivity contribution >= 4 is 40.7 Å². The number of carbonyl (C=O) groups excluding carboxylic acids is 2. The van der Waals surface area contributed by atoms with Crippen molar-refractivity contribution in [2.45, 2.75) is 25.8 Å². The second kappa shape index (κ2) is 6.93. The van der Waals surface area contributed by atoms with Gasteiger partial charge in [0.05, 0.1) is 0 Å². The first-order valence-electron chi connectivity index (χ1n) is 8.67. The molecule has 1 fully saturated rings. The lowest BCUT2D eigenvalue weighted by molar-refractivity contribution is -0.133. The van der Waals surface area contributed by atoms with Crippen molar-refractivity contribution < 1.29 is 9.59 Å². The number of hydrogen-bond donors (Lipinski definition) is 1. The molecule has 6 heteroatoms. The van der Waals surface area contributed by atoms with Gasteiger partial charge in [0, 0.05) is 40.3 Å². The van der Waals surface area contributed by atoms with Crippen LogP contribution in [0.5, 0.6) is 0 Å². The fraction of sp³-hybridized carbons (Fsp3) is 0.300. The average Bonchev–Trinajstić information content (AvgIpc) is 3.44. The molecular weight excluding hydrogens is 371 g/mol. The van der Waals surface area contributed by atoms with Crippen molar-refractivity contribution in [3.8, 4) is 0 Å². The maximum atomic E-state index is 12.5. The van der Waals surface area contributed by atoms with E-state index in [1.165, 1.54) is 5.56 Å². The Hall–Kier alpha value is -2.04. The highest BCUT2D eigenvalue weighted by Gasteiger charge is 2.34. The topological polar surface area (TPSA) is 49.4 Å². The van der Waals surface area contributed by atoms with Gasteiger partial charge in [-0.3, -0.25) is 9.59 Å². The molecule has 0 radical (unpaired) electrons. The zero-order valence-electron chi connectivity index (χ0n) is 14.1. The van der Waals surface area contributed by atoms with Crippen LogP contribution in [-0.4, -0.2) is 23.3 Å². The molecule has 0 aromatic heterocycles. The van der Waals surface area contributed by atoms with E-state index >= 15 is 0 Å². The minimum absolute atomic E-state index is 0.229. The Labute approximate surface area is 162 Å². The highest BCUT2D eigenvalue weighted by molar-refractivity contribution is 6.35. The van der Waals surface area contributed by atoms with E-state index in [9.17, 15) is 9.59 Å². The highest BCUT2D eigenvalue weighted by Crippen LogP contribution is 2.33. The Balaban J connectivity index is 1.50. The first-order chi connectivity index (χ1) is 12.5. The number of amides is 2. The van der Waals surface area contributed by atoms with Gasteiger partial charge in [-0.05, 0) is 60.7 Å². The summed E-state index contributed by atoms with van der Waals surface area (Å²) in [5.74, 6) is 0.224. The summed E-state index contributed by atoms with van der Waals surface area (Å²) in [5, 5.41) is 3.72. The van der Waals surface area contributed by atoms with E-state index in [2.05, 4.69) is 5.32 Å². The van der Waals surface area contributed by atoms with Gasteiger partial charge in [-0.25, -0.2) is 0 Å². The van der Waals surface area contributed by atoms with E-state index in [0.29, 0.717) is 27.8 Å². The summed E-state index contributed by atoms with van der Waals surface area (Å²) < 4.78 is 0. The second-order valence-corrected chi connectivity index (χ2v) is 7.75. The Morgan fingerprint density at radius 3 is 2.42 bits per heavy atom. The monoisotopic (exact) mass is 388 g/mol. The van der Waals surface area contributed by atoms with Crippen molar-refractivity contribution in [3.63, 3.8) is 0 Å². The van der Waals surface area contributed by atoms with E-state index in [0.717, 1.165) is 31.4 Å². The van der Waals surface area contributed by atoms with E-state index in [1.54, 1.807) is 18.2 Å². The number of fused-ring (bicyclic) bond motifs is 1. The average molecular weight is 389 g/mol. The van der Waals surface area contributed by atoms with Crippen LogP contribution in [0.25, 0.3) is 0 Å². The minimum atomic E-state index is -0.268. The molecule has 0 bridgehead atoms. The lowest BCUT2D eigenvalue weighted by Crippen LogP contribution is -2.36. The van der Waals surface area contributed by atoms with Gasteiger partial charge >= 0.3 is 0 Å². The number of anilines is 1. The smallest absolute Gasteiger partial charge is 0.255 e. The minimum Gasteiger partial charge on any atom is -0.338 e. The fourth-order valence-electron chi connectivity index (χ4n) is 3.30. The van der Waals surface area contributed by atoms with Gasteiger partial charge in [0.2, 0.25) is 5.91 Å². The summed E-state index contributed by atoms with van der Waals surface area (Å²) in [5.41, 5.74) is 3.43. The summed E-state index contributed by atoms with van der Waals surface area (Å²) in [6, 6.07) is 10.6. The van der Waals surface area contributed by atoms with Gasteiger partial charge in [-0.15, -0.1) is 0 Å². The standard InChI is InChI=1S/C20H18Cl2N2O2/c21-16-7-14(8-17(22)10-16)19(25)23-18-4-3-12-5-6-24(11-15(12)9-18)20(26)13-1-2-13/h3-4,7-10,13H,1-2,5-6,11H2,(H,23,25). The van der Waals surface area contributed by atoms with Gasteiger partial charge < -0.3 is 10.2 Å². The SMILES string of the molecule is O=C(Nc1ccc2c(c1)CN(C(=O)C1CC1)CC2)c1cc(Cl)cc(Cl)c1. The third-order valence-electron chi connectivity index (χ3n) is 4.84. The highest BCUT2D eigenvalue weighted by atomic mass is 35.5. The second-order valence-electron chi connectivity index (χ2n) is 6.88.